The molecule has 0 aromatic rings. The molecule has 0 bridgehead atoms. The number of hydrogen-bond donors (Lipinski definition) is 0. The quantitative estimate of drug-likeness (QED) is 0.283. The first-order valence-corrected chi connectivity index (χ1v) is 4.58. The Bertz CT molecular complexity index is 210. The predicted octanol–water partition coefficient (Wildman–Crippen LogP) is 2.85. The predicted molar refractivity (Wildman–Crippen MR) is 54.4 cm³/mol. The van der Waals surface area contributed by atoms with Gasteiger partial charge in [0.15, 0.2) is 0 Å². The highest BCUT2D eigenvalue weighted by molar-refractivity contribution is 5.90. The topological polar surface area (TPSA) is 26.3 Å². The van der Waals surface area contributed by atoms with Crippen molar-refractivity contribution in [1.82, 2.24) is 0 Å². The Hall–Kier alpha value is -1.05. The molecule has 0 saturated carbocycles. The highest BCUT2D eigenvalue weighted by atomic mass is 16.5. The maximum Gasteiger partial charge on any atom is 0.337 e. The minimum Gasteiger partial charge on any atom is -0.462 e. The van der Waals surface area contributed by atoms with E-state index in [4.69, 9.17) is 4.74 Å². The molecule has 0 aromatic heterocycles. The van der Waals surface area contributed by atoms with Crippen LogP contribution in [0.1, 0.15) is 33.6 Å². The van der Waals surface area contributed by atoms with Crippen LogP contribution in [0, 0.1) is 0 Å². The summed E-state index contributed by atoms with van der Waals surface area (Å²) in [5.41, 5.74) is 1.48. The average Bonchev–Trinajstić information content (AvgIpc) is 2.03. The summed E-state index contributed by atoms with van der Waals surface area (Å²) < 4.78 is 4.96. The van der Waals surface area contributed by atoms with Gasteiger partial charge in [-0.05, 0) is 26.3 Å². The minimum absolute atomic E-state index is 0.311. The van der Waals surface area contributed by atoms with Crippen LogP contribution in [0.25, 0.3) is 0 Å². The Balaban J connectivity index is 3.84. The molecular weight excluding hydrogens is 164 g/mol. The lowest BCUT2D eigenvalue weighted by atomic mass is 10.2. The third kappa shape index (κ3) is 6.14. The van der Waals surface area contributed by atoms with E-state index in [9.17, 15) is 4.79 Å². The molecule has 0 aliphatic carbocycles. The monoisotopic (exact) mass is 182 g/mol. The second-order valence-corrected chi connectivity index (χ2v) is 3.24. The van der Waals surface area contributed by atoms with Gasteiger partial charge in [0, 0.05) is 0 Å². The van der Waals surface area contributed by atoms with Crippen LogP contribution in [0.15, 0.2) is 23.8 Å². The fourth-order valence-electron chi connectivity index (χ4n) is 0.809. The van der Waals surface area contributed by atoms with Crippen molar-refractivity contribution >= 4 is 5.97 Å². The van der Waals surface area contributed by atoms with Crippen LogP contribution in [-0.2, 0) is 9.53 Å². The lowest BCUT2D eigenvalue weighted by Gasteiger charge is -2.03. The van der Waals surface area contributed by atoms with E-state index >= 15 is 0 Å². The van der Waals surface area contributed by atoms with Crippen molar-refractivity contribution in [1.29, 1.82) is 0 Å². The molecule has 0 amide bonds. The second-order valence-electron chi connectivity index (χ2n) is 3.24. The Morgan fingerprint density at radius 1 is 1.46 bits per heavy atom. The standard InChI is InChI=1S/C11H18O2/c1-5-6-7-13-11(12)10(4)8-9(2)3/h8H,4-7H2,1-3H3. The number of carbonyl (C=O) groups is 1. The van der Waals surface area contributed by atoms with E-state index < -0.39 is 0 Å². The molecular formula is C11H18O2. The highest BCUT2D eigenvalue weighted by Gasteiger charge is 2.04. The van der Waals surface area contributed by atoms with E-state index in [0.29, 0.717) is 12.2 Å². The van der Waals surface area contributed by atoms with E-state index in [1.165, 1.54) is 0 Å². The van der Waals surface area contributed by atoms with Gasteiger partial charge in [-0.25, -0.2) is 4.79 Å². The van der Waals surface area contributed by atoms with Gasteiger partial charge in [-0.1, -0.05) is 25.5 Å². The third-order valence-corrected chi connectivity index (χ3v) is 1.46. The summed E-state index contributed by atoms with van der Waals surface area (Å²) in [5.74, 6) is -0.311. The summed E-state index contributed by atoms with van der Waals surface area (Å²) in [5, 5.41) is 0. The summed E-state index contributed by atoms with van der Waals surface area (Å²) >= 11 is 0. The van der Waals surface area contributed by atoms with Crippen LogP contribution in [0.5, 0.6) is 0 Å². The van der Waals surface area contributed by atoms with Gasteiger partial charge in [-0.15, -0.1) is 0 Å². The number of allylic oxidation sites excluding steroid dienone is 1. The van der Waals surface area contributed by atoms with Gasteiger partial charge in [0.1, 0.15) is 0 Å². The van der Waals surface area contributed by atoms with E-state index in [1.54, 1.807) is 6.08 Å². The summed E-state index contributed by atoms with van der Waals surface area (Å²) in [6, 6.07) is 0. The molecule has 2 nitrogen and oxygen atoms in total. The van der Waals surface area contributed by atoms with Crippen LogP contribution >= 0.6 is 0 Å². The van der Waals surface area contributed by atoms with E-state index in [-0.39, 0.29) is 5.97 Å². The molecule has 0 atom stereocenters. The Labute approximate surface area is 80.3 Å². The minimum atomic E-state index is -0.311. The van der Waals surface area contributed by atoms with E-state index in [1.807, 2.05) is 13.8 Å². The van der Waals surface area contributed by atoms with Crippen LogP contribution in [0.4, 0.5) is 0 Å². The van der Waals surface area contributed by atoms with Crippen molar-refractivity contribution < 1.29 is 9.53 Å². The number of ether oxygens (including phenoxy) is 1. The van der Waals surface area contributed by atoms with Crippen molar-refractivity contribution in [2.45, 2.75) is 33.6 Å². The SMILES string of the molecule is C=C(C=C(C)C)C(=O)OCCCC. The lowest BCUT2D eigenvalue weighted by Crippen LogP contribution is -2.06. The maximum absolute atomic E-state index is 11.2. The summed E-state index contributed by atoms with van der Waals surface area (Å²) in [4.78, 5) is 11.2. The normalized spacial score (nSPS) is 9.15. The fourth-order valence-corrected chi connectivity index (χ4v) is 0.809. The largest absolute Gasteiger partial charge is 0.462 e. The zero-order chi connectivity index (χ0) is 10.3. The molecule has 0 fully saturated rings. The summed E-state index contributed by atoms with van der Waals surface area (Å²) in [6.45, 7) is 10.0. The highest BCUT2D eigenvalue weighted by Crippen LogP contribution is 2.02. The Morgan fingerprint density at radius 3 is 2.54 bits per heavy atom. The maximum atomic E-state index is 11.2. The van der Waals surface area contributed by atoms with Crippen molar-refractivity contribution in [3.8, 4) is 0 Å². The molecule has 74 valence electrons. The average molecular weight is 182 g/mol. The van der Waals surface area contributed by atoms with Crippen molar-refractivity contribution in [3.63, 3.8) is 0 Å². The van der Waals surface area contributed by atoms with Crippen LogP contribution in [0.3, 0.4) is 0 Å². The summed E-state index contributed by atoms with van der Waals surface area (Å²) in [6.07, 6.45) is 3.67. The first-order valence-electron chi connectivity index (χ1n) is 4.58. The van der Waals surface area contributed by atoms with E-state index in [0.717, 1.165) is 18.4 Å². The van der Waals surface area contributed by atoms with Gasteiger partial charge >= 0.3 is 5.97 Å². The zero-order valence-corrected chi connectivity index (χ0v) is 8.72. The van der Waals surface area contributed by atoms with Gasteiger partial charge in [-0.2, -0.15) is 0 Å². The van der Waals surface area contributed by atoms with Gasteiger partial charge in [0.05, 0.1) is 12.2 Å². The number of hydrogen-bond acceptors (Lipinski definition) is 2. The molecule has 0 rings (SSSR count). The van der Waals surface area contributed by atoms with Crippen LogP contribution < -0.4 is 0 Å². The molecule has 0 unspecified atom stereocenters. The van der Waals surface area contributed by atoms with Gasteiger partial charge in [0.2, 0.25) is 0 Å². The molecule has 2 heteroatoms. The molecule has 0 spiro atoms. The Morgan fingerprint density at radius 2 is 2.08 bits per heavy atom. The number of unbranched alkanes of at least 4 members (excludes halogenated alkanes) is 1. The van der Waals surface area contributed by atoms with Crippen molar-refractivity contribution in [3.05, 3.63) is 23.8 Å². The van der Waals surface area contributed by atoms with Crippen LogP contribution in [-0.4, -0.2) is 12.6 Å². The molecule has 0 aromatic carbocycles. The molecule has 0 N–H and O–H groups in total. The number of esters is 1. The van der Waals surface area contributed by atoms with Crippen LogP contribution in [0.2, 0.25) is 0 Å². The molecule has 13 heavy (non-hydrogen) atoms. The third-order valence-electron chi connectivity index (χ3n) is 1.46. The molecule has 0 radical (unpaired) electrons. The zero-order valence-electron chi connectivity index (χ0n) is 8.72. The smallest absolute Gasteiger partial charge is 0.337 e. The van der Waals surface area contributed by atoms with Crippen molar-refractivity contribution in [2.24, 2.45) is 0 Å². The van der Waals surface area contributed by atoms with Gasteiger partial charge in [-0.3, -0.25) is 0 Å². The number of carbonyl (C=O) groups excluding carboxylic acids is 1. The first kappa shape index (κ1) is 11.9. The lowest BCUT2D eigenvalue weighted by molar-refractivity contribution is -0.138. The fraction of sp³-hybridized carbons (Fsp3) is 0.545. The van der Waals surface area contributed by atoms with E-state index in [2.05, 4.69) is 13.5 Å². The molecule has 0 aliphatic heterocycles. The second kappa shape index (κ2) is 6.46. The molecule has 0 aliphatic rings. The first-order chi connectivity index (χ1) is 6.07. The van der Waals surface area contributed by atoms with Gasteiger partial charge < -0.3 is 4.74 Å². The number of rotatable bonds is 5. The van der Waals surface area contributed by atoms with Crippen molar-refractivity contribution in [2.75, 3.05) is 6.61 Å². The molecule has 0 heterocycles. The summed E-state index contributed by atoms with van der Waals surface area (Å²) in [7, 11) is 0. The Kier molecular flexibility index (Phi) is 5.94. The molecule has 0 saturated heterocycles. The van der Waals surface area contributed by atoms with Gasteiger partial charge in [0.25, 0.3) is 0 Å².